The molecule has 0 aliphatic heterocycles. The second-order valence-corrected chi connectivity index (χ2v) is 6.92. The molecule has 0 unspecified atom stereocenters. The van der Waals surface area contributed by atoms with Gasteiger partial charge in [-0.2, -0.15) is 23.3 Å². The minimum atomic E-state index is -4.53. The Bertz CT molecular complexity index is 981. The number of hydrogen-bond acceptors (Lipinski definition) is 7. The van der Waals surface area contributed by atoms with Gasteiger partial charge in [-0.1, -0.05) is 5.21 Å². The molecule has 0 saturated heterocycles. The Kier molecular flexibility index (Phi) is 4.84. The number of alkyl halides is 3. The van der Waals surface area contributed by atoms with Crippen LogP contribution in [0.1, 0.15) is 42.6 Å². The first kappa shape index (κ1) is 19.2. The third kappa shape index (κ3) is 3.74. The average Bonchev–Trinajstić information content (AvgIpc) is 3.42. The molecule has 9 nitrogen and oxygen atoms in total. The number of halogens is 3. The van der Waals surface area contributed by atoms with E-state index in [1.165, 1.54) is 7.05 Å². The van der Waals surface area contributed by atoms with Gasteiger partial charge in [-0.05, 0) is 26.2 Å². The van der Waals surface area contributed by atoms with Gasteiger partial charge in [0.1, 0.15) is 11.4 Å². The molecule has 2 atom stereocenters. The summed E-state index contributed by atoms with van der Waals surface area (Å²) in [5, 5.41) is 17.8. The van der Waals surface area contributed by atoms with Crippen molar-refractivity contribution < 1.29 is 13.2 Å². The van der Waals surface area contributed by atoms with Crippen LogP contribution in [0.2, 0.25) is 0 Å². The van der Waals surface area contributed by atoms with Gasteiger partial charge in [0.05, 0.1) is 35.9 Å². The van der Waals surface area contributed by atoms with Crippen LogP contribution in [-0.2, 0) is 6.18 Å². The average molecular weight is 407 g/mol. The van der Waals surface area contributed by atoms with E-state index in [1.807, 2.05) is 22.5 Å². The van der Waals surface area contributed by atoms with Gasteiger partial charge in [0.25, 0.3) is 0 Å². The van der Waals surface area contributed by atoms with Gasteiger partial charge >= 0.3 is 6.18 Å². The van der Waals surface area contributed by atoms with Gasteiger partial charge in [0.15, 0.2) is 0 Å². The molecule has 3 aromatic rings. The van der Waals surface area contributed by atoms with Crippen LogP contribution in [0.4, 0.5) is 30.6 Å². The van der Waals surface area contributed by atoms with E-state index in [2.05, 4.69) is 36.0 Å². The second kappa shape index (κ2) is 7.33. The molecule has 1 saturated carbocycles. The monoisotopic (exact) mass is 407 g/mol. The molecule has 29 heavy (non-hydrogen) atoms. The van der Waals surface area contributed by atoms with Crippen molar-refractivity contribution in [1.82, 2.24) is 34.7 Å². The Morgan fingerprint density at radius 3 is 2.66 bits per heavy atom. The van der Waals surface area contributed by atoms with Crippen LogP contribution in [0.25, 0.3) is 0 Å². The van der Waals surface area contributed by atoms with Gasteiger partial charge in [-0.3, -0.25) is 4.68 Å². The Morgan fingerprint density at radius 1 is 1.17 bits per heavy atom. The number of nitrogens with zero attached hydrogens (tertiary/aromatic N) is 7. The summed E-state index contributed by atoms with van der Waals surface area (Å²) in [6.45, 7) is 1.90. The van der Waals surface area contributed by atoms with E-state index in [0.717, 1.165) is 31.2 Å². The van der Waals surface area contributed by atoms with Crippen molar-refractivity contribution in [1.29, 1.82) is 0 Å². The van der Waals surface area contributed by atoms with Crippen LogP contribution in [0, 0.1) is 6.92 Å². The largest absolute Gasteiger partial charge is 0.421 e. The molecule has 0 radical (unpaired) electrons. The highest BCUT2D eigenvalue weighted by molar-refractivity contribution is 5.58. The minimum absolute atomic E-state index is 0.0666. The fourth-order valence-corrected chi connectivity index (χ4v) is 3.68. The number of hydrogen-bond donors (Lipinski definition) is 2. The number of anilines is 3. The van der Waals surface area contributed by atoms with Gasteiger partial charge in [0.2, 0.25) is 5.95 Å². The summed E-state index contributed by atoms with van der Waals surface area (Å²) in [6.07, 6.45) is 4.21. The van der Waals surface area contributed by atoms with Gasteiger partial charge in [0, 0.05) is 19.4 Å². The van der Waals surface area contributed by atoms with E-state index in [9.17, 15) is 13.2 Å². The molecule has 1 aliphatic rings. The molecule has 0 aromatic carbocycles. The lowest BCUT2D eigenvalue weighted by Gasteiger charge is -2.15. The Morgan fingerprint density at radius 2 is 1.97 bits per heavy atom. The smallest absolute Gasteiger partial charge is 0.372 e. The molecule has 4 rings (SSSR count). The Balaban J connectivity index is 1.51. The molecular formula is C17H20F3N9. The van der Waals surface area contributed by atoms with Crippen molar-refractivity contribution in [3.63, 3.8) is 0 Å². The maximum absolute atomic E-state index is 13.0. The molecule has 3 heterocycles. The van der Waals surface area contributed by atoms with Crippen molar-refractivity contribution in [3.05, 3.63) is 36.0 Å². The third-order valence-corrected chi connectivity index (χ3v) is 5.16. The third-order valence-electron chi connectivity index (χ3n) is 5.16. The van der Waals surface area contributed by atoms with E-state index < -0.39 is 11.7 Å². The van der Waals surface area contributed by atoms with E-state index in [0.29, 0.717) is 5.69 Å². The van der Waals surface area contributed by atoms with Crippen LogP contribution in [0.3, 0.4) is 0 Å². The molecule has 0 spiro atoms. The highest BCUT2D eigenvalue weighted by Crippen LogP contribution is 2.38. The summed E-state index contributed by atoms with van der Waals surface area (Å²) >= 11 is 0. The summed E-state index contributed by atoms with van der Waals surface area (Å²) in [5.74, 6) is -0.219. The van der Waals surface area contributed by atoms with E-state index in [4.69, 9.17) is 0 Å². The molecule has 154 valence electrons. The minimum Gasteiger partial charge on any atom is -0.372 e. The molecule has 2 N–H and O–H groups in total. The lowest BCUT2D eigenvalue weighted by Crippen LogP contribution is -2.13. The second-order valence-electron chi connectivity index (χ2n) is 6.92. The van der Waals surface area contributed by atoms with Crippen molar-refractivity contribution in [3.8, 4) is 0 Å². The molecule has 0 bridgehead atoms. The Labute approximate surface area is 164 Å². The number of nitrogens with one attached hydrogen (secondary N) is 2. The van der Waals surface area contributed by atoms with Crippen molar-refractivity contribution in [2.45, 2.75) is 44.4 Å². The highest BCUT2D eigenvalue weighted by atomic mass is 19.4. The van der Waals surface area contributed by atoms with Gasteiger partial charge in [-0.25, -0.2) is 9.67 Å². The summed E-state index contributed by atoms with van der Waals surface area (Å²) in [6, 6.07) is 0.486. The molecule has 1 fully saturated rings. The first-order valence-electron chi connectivity index (χ1n) is 9.15. The first-order valence-corrected chi connectivity index (χ1v) is 9.15. The topological polar surface area (TPSA) is 98.4 Å². The predicted octanol–water partition coefficient (Wildman–Crippen LogP) is 3.34. The summed E-state index contributed by atoms with van der Waals surface area (Å²) < 4.78 is 42.8. The summed E-state index contributed by atoms with van der Waals surface area (Å²) in [4.78, 5) is 7.74. The lowest BCUT2D eigenvalue weighted by molar-refractivity contribution is -0.137. The van der Waals surface area contributed by atoms with Crippen LogP contribution in [0.15, 0.2) is 24.8 Å². The molecule has 0 amide bonds. The normalized spacial score (nSPS) is 19.5. The zero-order valence-corrected chi connectivity index (χ0v) is 15.8. The van der Waals surface area contributed by atoms with E-state index in [-0.39, 0.29) is 23.8 Å². The van der Waals surface area contributed by atoms with Gasteiger partial charge in [-0.15, -0.1) is 5.10 Å². The van der Waals surface area contributed by atoms with Gasteiger partial charge < -0.3 is 10.6 Å². The maximum Gasteiger partial charge on any atom is 0.421 e. The fourth-order valence-electron chi connectivity index (χ4n) is 3.68. The molecular weight excluding hydrogens is 387 g/mol. The van der Waals surface area contributed by atoms with E-state index in [1.54, 1.807) is 12.4 Å². The quantitative estimate of drug-likeness (QED) is 0.669. The molecule has 1 aliphatic carbocycles. The standard InChI is InChI=1S/C17H20F3N9/c1-10-14(25-16-22-8-13(17(18,19)20)15(21-2)26-16)9-24-29(10)12-4-3-11(7-12)28-6-5-23-27-28/h5-6,8-9,11-12H,3-4,7H2,1-2H3,(H2,21,22,25,26)/t11-,12+/m1/s1. The Hall–Kier alpha value is -3.18. The fraction of sp³-hybridized carbons (Fsp3) is 0.471. The van der Waals surface area contributed by atoms with E-state index >= 15 is 0 Å². The predicted molar refractivity (Wildman–Crippen MR) is 98.8 cm³/mol. The van der Waals surface area contributed by atoms with Crippen molar-refractivity contribution in [2.75, 3.05) is 17.7 Å². The molecule has 12 heteroatoms. The summed E-state index contributed by atoms with van der Waals surface area (Å²) in [5.41, 5.74) is 0.600. The zero-order valence-electron chi connectivity index (χ0n) is 15.8. The zero-order chi connectivity index (χ0) is 20.6. The number of aromatic nitrogens is 7. The van der Waals surface area contributed by atoms with Crippen molar-refractivity contribution in [2.24, 2.45) is 0 Å². The van der Waals surface area contributed by atoms with Crippen LogP contribution in [-0.4, -0.2) is 41.8 Å². The first-order chi connectivity index (χ1) is 13.9. The maximum atomic E-state index is 13.0. The SMILES string of the molecule is CNc1nc(Nc2cnn([C@H]3CC[C@@H](n4ccnn4)C3)c2C)ncc1C(F)(F)F. The lowest BCUT2D eigenvalue weighted by atomic mass is 10.2. The van der Waals surface area contributed by atoms with Crippen molar-refractivity contribution >= 4 is 17.5 Å². The highest BCUT2D eigenvalue weighted by Gasteiger charge is 2.35. The molecule has 3 aromatic heterocycles. The van der Waals surface area contributed by atoms with Crippen LogP contribution >= 0.6 is 0 Å². The van der Waals surface area contributed by atoms with Crippen LogP contribution < -0.4 is 10.6 Å². The van der Waals surface area contributed by atoms with Crippen LogP contribution in [0.5, 0.6) is 0 Å². The summed E-state index contributed by atoms with van der Waals surface area (Å²) in [7, 11) is 1.39. The number of rotatable bonds is 5.